The number of pyridine rings is 3. The maximum absolute atomic E-state index is 12.1. The van der Waals surface area contributed by atoms with Crippen molar-refractivity contribution in [3.63, 3.8) is 0 Å². The van der Waals surface area contributed by atoms with Crippen LogP contribution in [0.5, 0.6) is 0 Å². The predicted octanol–water partition coefficient (Wildman–Crippen LogP) is 4.18. The zero-order valence-electron chi connectivity index (χ0n) is 27.1. The van der Waals surface area contributed by atoms with Crippen molar-refractivity contribution in [1.29, 1.82) is 0 Å². The molecule has 8 aromatic rings. The molecule has 5 N–H and O–H groups in total. The molecule has 1 aliphatic rings. The molecule has 9 rings (SSSR count). The van der Waals surface area contributed by atoms with E-state index in [2.05, 4.69) is 71.3 Å². The van der Waals surface area contributed by atoms with Crippen LogP contribution >= 0.6 is 0 Å². The number of nitrogens with one attached hydrogen (secondary N) is 4. The number of H-pyrrole nitrogens is 4. The quantitative estimate of drug-likeness (QED) is 0.188. The first-order valence-corrected chi connectivity index (χ1v) is 16.4. The summed E-state index contributed by atoms with van der Waals surface area (Å²) in [5, 5.41) is 13.5. The lowest BCUT2D eigenvalue weighted by Crippen LogP contribution is -2.19. The summed E-state index contributed by atoms with van der Waals surface area (Å²) in [6.45, 7) is 0. The van der Waals surface area contributed by atoms with E-state index >= 15 is 0 Å². The molecule has 0 amide bonds. The second kappa shape index (κ2) is 12.3. The highest BCUT2D eigenvalue weighted by Gasteiger charge is 2.18. The molecule has 7 aromatic heterocycles. The van der Waals surface area contributed by atoms with Gasteiger partial charge in [0.2, 0.25) is 0 Å². The molecule has 9 heteroatoms. The first kappa shape index (κ1) is 29.8. The lowest BCUT2D eigenvalue weighted by molar-refractivity contribution is 0.0697. The number of hydrogen-bond donors (Lipinski definition) is 5. The molecule has 8 heterocycles. The minimum Gasteiger partial charge on any atom is -0.478 e. The smallest absolute Gasteiger partial charge is 0.335 e. The van der Waals surface area contributed by atoms with Gasteiger partial charge in [-0.1, -0.05) is 12.1 Å². The van der Waals surface area contributed by atoms with Crippen LogP contribution in [0.25, 0.3) is 22.3 Å². The molecule has 9 nitrogen and oxygen atoms in total. The first-order chi connectivity index (χ1) is 25.1. The maximum atomic E-state index is 12.1. The van der Waals surface area contributed by atoms with Gasteiger partial charge in [0.15, 0.2) is 0 Å². The van der Waals surface area contributed by atoms with Gasteiger partial charge >= 0.3 is 5.97 Å². The molecule has 244 valence electrons. The summed E-state index contributed by atoms with van der Waals surface area (Å²) in [5.74, 6) is -0.986. The topological polar surface area (TPSA) is 139 Å². The van der Waals surface area contributed by atoms with Crippen LogP contribution < -0.4 is 21.4 Å². The van der Waals surface area contributed by atoms with E-state index in [0.29, 0.717) is 0 Å². The van der Waals surface area contributed by atoms with Crippen molar-refractivity contribution >= 4 is 28.3 Å². The van der Waals surface area contributed by atoms with E-state index in [1.807, 2.05) is 54.6 Å². The number of benzene rings is 1. The summed E-state index contributed by atoms with van der Waals surface area (Å²) in [6.07, 6.45) is 10.8. The van der Waals surface area contributed by atoms with Crippen LogP contribution in [0.2, 0.25) is 0 Å². The van der Waals surface area contributed by atoms with E-state index in [4.69, 9.17) is 0 Å². The van der Waals surface area contributed by atoms with Gasteiger partial charge in [0.05, 0.1) is 5.56 Å². The molecule has 0 saturated carbocycles. The SMILES string of the molecule is O=C(O)c1cccc(C2=c3ccc([nH]3)=C(c3ccncc3)c3ccc([nH]3)C(c3ccncc3)=c3ccc([nH]3)=C(c3ccncc3)c3ccc2[nH]3)c1. The van der Waals surface area contributed by atoms with Crippen molar-refractivity contribution in [2.75, 3.05) is 0 Å². The number of carboxylic acid groups (broad SMARTS) is 1. The summed E-state index contributed by atoms with van der Waals surface area (Å²) in [4.78, 5) is 39.9. The zero-order valence-corrected chi connectivity index (χ0v) is 27.1. The van der Waals surface area contributed by atoms with E-state index < -0.39 is 5.97 Å². The molecule has 0 saturated heterocycles. The van der Waals surface area contributed by atoms with E-state index in [1.54, 1.807) is 55.4 Å². The number of aromatic carboxylic acids is 1. The summed E-state index contributed by atoms with van der Waals surface area (Å²) in [6, 6.07) is 35.7. The maximum Gasteiger partial charge on any atom is 0.335 e. The number of fused-ring (bicyclic) bond motifs is 8. The second-order valence-electron chi connectivity index (χ2n) is 12.2. The van der Waals surface area contributed by atoms with Gasteiger partial charge in [-0.25, -0.2) is 4.79 Å². The van der Waals surface area contributed by atoms with Gasteiger partial charge in [-0.2, -0.15) is 0 Å². The fourth-order valence-corrected chi connectivity index (χ4v) is 6.93. The largest absolute Gasteiger partial charge is 0.478 e. The molecule has 8 bridgehead atoms. The molecular weight excluding hydrogens is 635 g/mol. The van der Waals surface area contributed by atoms with Crippen molar-refractivity contribution in [3.8, 4) is 0 Å². The van der Waals surface area contributed by atoms with Crippen LogP contribution in [0.4, 0.5) is 0 Å². The number of aromatic amines is 4. The molecule has 51 heavy (non-hydrogen) atoms. The molecule has 0 atom stereocenters. The van der Waals surface area contributed by atoms with Gasteiger partial charge in [-0.15, -0.1) is 0 Å². The van der Waals surface area contributed by atoms with Gasteiger partial charge in [0.1, 0.15) is 0 Å². The van der Waals surface area contributed by atoms with Gasteiger partial charge in [-0.3, -0.25) is 15.0 Å². The highest BCUT2D eigenvalue weighted by atomic mass is 16.4. The number of hydrogen-bond acceptors (Lipinski definition) is 4. The van der Waals surface area contributed by atoms with Gasteiger partial charge in [-0.05, 0) is 119 Å². The Balaban J connectivity index is 1.44. The monoisotopic (exact) mass is 663 g/mol. The van der Waals surface area contributed by atoms with Crippen LogP contribution in [0, 0.1) is 0 Å². The fraction of sp³-hybridized carbons (Fsp3) is 0. The minimum atomic E-state index is -0.986. The average molecular weight is 664 g/mol. The molecule has 1 aliphatic heterocycles. The van der Waals surface area contributed by atoms with Gasteiger partial charge < -0.3 is 25.0 Å². The van der Waals surface area contributed by atoms with Crippen LogP contribution in [-0.4, -0.2) is 46.0 Å². The van der Waals surface area contributed by atoms with E-state index in [-0.39, 0.29) is 5.56 Å². The van der Waals surface area contributed by atoms with E-state index in [9.17, 15) is 9.90 Å². The van der Waals surface area contributed by atoms with Crippen LogP contribution in [0.15, 0.2) is 146 Å². The normalized spacial score (nSPS) is 12.7. The summed E-state index contributed by atoms with van der Waals surface area (Å²) < 4.78 is 0. The second-order valence-corrected chi connectivity index (χ2v) is 12.2. The van der Waals surface area contributed by atoms with Crippen molar-refractivity contribution in [1.82, 2.24) is 34.9 Å². The minimum absolute atomic E-state index is 0.206. The molecule has 0 radical (unpaired) electrons. The van der Waals surface area contributed by atoms with Gasteiger partial charge in [0, 0.05) is 104 Å². The predicted molar refractivity (Wildman–Crippen MR) is 194 cm³/mol. The summed E-state index contributed by atoms with van der Waals surface area (Å²) >= 11 is 0. The van der Waals surface area contributed by atoms with Crippen LogP contribution in [0.3, 0.4) is 0 Å². The third-order valence-electron chi connectivity index (χ3n) is 9.20. The molecule has 0 fully saturated rings. The highest BCUT2D eigenvalue weighted by molar-refractivity contribution is 5.90. The number of carbonyl (C=O) groups is 1. The molecule has 0 spiro atoms. The van der Waals surface area contributed by atoms with E-state index in [0.717, 1.165) is 88.7 Å². The molecule has 1 aromatic carbocycles. The lowest BCUT2D eigenvalue weighted by atomic mass is 10.0. The third kappa shape index (κ3) is 5.39. The summed E-state index contributed by atoms with van der Waals surface area (Å²) in [5.41, 5.74) is 11.2. The molecular formula is C42H29N7O2. The standard InChI is InChI=1S/C42H29N7O2/c50-42(51)29-3-1-2-28(24-29)41-36-10-8-34(48-36)39(26-14-20-44-21-15-26)32-6-4-30(46-32)38(25-12-18-43-19-13-25)31-5-7-33(47-31)40(27-16-22-45-23-17-27)35-9-11-37(41)49-35/h1-24,46-49H,(H,50,51). The average Bonchev–Trinajstić information content (AvgIpc) is 4.01. The molecule has 0 aliphatic carbocycles. The number of carboxylic acids is 1. The Morgan fingerprint density at radius 1 is 0.412 bits per heavy atom. The third-order valence-corrected chi connectivity index (χ3v) is 9.20. The molecule has 0 unspecified atom stereocenters. The zero-order chi connectivity index (χ0) is 34.3. The Morgan fingerprint density at radius 3 is 1.12 bits per heavy atom. The van der Waals surface area contributed by atoms with Crippen molar-refractivity contribution in [2.45, 2.75) is 0 Å². The first-order valence-electron chi connectivity index (χ1n) is 16.4. The summed E-state index contributed by atoms with van der Waals surface area (Å²) in [7, 11) is 0. The lowest BCUT2D eigenvalue weighted by Gasteiger charge is -2.10. The highest BCUT2D eigenvalue weighted by Crippen LogP contribution is 2.27. The Labute approximate surface area is 290 Å². The van der Waals surface area contributed by atoms with Crippen molar-refractivity contribution in [3.05, 3.63) is 218 Å². The Bertz CT molecular complexity index is 2830. The number of nitrogens with zero attached hydrogens (tertiary/aromatic N) is 3. The van der Waals surface area contributed by atoms with Crippen LogP contribution in [-0.2, 0) is 0 Å². The Kier molecular flexibility index (Phi) is 7.21. The van der Waals surface area contributed by atoms with Gasteiger partial charge in [0.25, 0.3) is 0 Å². The van der Waals surface area contributed by atoms with E-state index in [1.165, 1.54) is 0 Å². The van der Waals surface area contributed by atoms with Crippen molar-refractivity contribution in [2.24, 2.45) is 0 Å². The fourth-order valence-electron chi connectivity index (χ4n) is 6.93. The number of rotatable bonds is 5. The van der Waals surface area contributed by atoms with Crippen LogP contribution in [0.1, 0.15) is 55.4 Å². The van der Waals surface area contributed by atoms with Crippen molar-refractivity contribution < 1.29 is 9.90 Å². The number of aromatic nitrogens is 7. The Hall–Kier alpha value is -7.26. The Morgan fingerprint density at radius 2 is 0.765 bits per heavy atom.